The van der Waals surface area contributed by atoms with Gasteiger partial charge >= 0.3 is 5.97 Å². The van der Waals surface area contributed by atoms with Gasteiger partial charge in [0.25, 0.3) is 5.91 Å². The molecule has 2 aromatic carbocycles. The molecule has 3 aromatic rings. The first kappa shape index (κ1) is 20.3. The van der Waals surface area contributed by atoms with Crippen molar-refractivity contribution in [1.82, 2.24) is 10.3 Å². The first-order valence-corrected chi connectivity index (χ1v) is 10.9. The van der Waals surface area contributed by atoms with Crippen LogP contribution in [0.2, 0.25) is 0 Å². The predicted molar refractivity (Wildman–Crippen MR) is 119 cm³/mol. The van der Waals surface area contributed by atoms with Crippen molar-refractivity contribution in [2.45, 2.75) is 31.7 Å². The number of carboxylic acid groups (broad SMARTS) is 1. The molecule has 1 saturated carbocycles. The Labute approximate surface area is 185 Å². The highest BCUT2D eigenvalue weighted by Gasteiger charge is 2.27. The van der Waals surface area contributed by atoms with E-state index in [0.717, 1.165) is 16.5 Å². The molecule has 7 heteroatoms. The van der Waals surface area contributed by atoms with Crippen molar-refractivity contribution in [1.29, 1.82) is 0 Å². The molecule has 2 heterocycles. The molecule has 164 valence electrons. The number of hydrogen-bond acceptors (Lipinski definition) is 5. The molecule has 7 nitrogen and oxygen atoms in total. The van der Waals surface area contributed by atoms with Gasteiger partial charge in [-0.05, 0) is 56.0 Å². The number of pyridine rings is 1. The maximum absolute atomic E-state index is 13.3. The van der Waals surface area contributed by atoms with E-state index in [1.165, 1.54) is 0 Å². The molecule has 1 fully saturated rings. The van der Waals surface area contributed by atoms with Crippen molar-refractivity contribution in [3.8, 4) is 22.8 Å². The number of nitrogens with one attached hydrogen (secondary N) is 1. The lowest BCUT2D eigenvalue weighted by Crippen LogP contribution is -2.38. The third-order valence-electron chi connectivity index (χ3n) is 6.21. The van der Waals surface area contributed by atoms with Crippen molar-refractivity contribution in [3.05, 3.63) is 54.1 Å². The lowest BCUT2D eigenvalue weighted by molar-refractivity contribution is -0.142. The summed E-state index contributed by atoms with van der Waals surface area (Å²) in [4.78, 5) is 29.2. The molecule has 0 unspecified atom stereocenters. The van der Waals surface area contributed by atoms with E-state index in [-0.39, 0.29) is 17.9 Å². The maximum atomic E-state index is 13.3. The predicted octanol–water partition coefficient (Wildman–Crippen LogP) is 4.05. The van der Waals surface area contributed by atoms with Gasteiger partial charge in [-0.15, -0.1) is 0 Å². The molecule has 0 spiro atoms. The highest BCUT2D eigenvalue weighted by atomic mass is 16.6. The minimum absolute atomic E-state index is 0.0252. The number of carbonyl (C=O) groups excluding carboxylic acids is 1. The van der Waals surface area contributed by atoms with E-state index in [1.807, 2.05) is 48.5 Å². The number of carbonyl (C=O) groups is 2. The Morgan fingerprint density at radius 1 is 0.938 bits per heavy atom. The number of aromatic nitrogens is 1. The highest BCUT2D eigenvalue weighted by molar-refractivity contribution is 6.07. The molecule has 0 radical (unpaired) electrons. The van der Waals surface area contributed by atoms with Crippen LogP contribution in [0.5, 0.6) is 11.5 Å². The number of ether oxygens (including phenoxy) is 2. The fraction of sp³-hybridized carbons (Fsp3) is 0.320. The van der Waals surface area contributed by atoms with Gasteiger partial charge in [0, 0.05) is 17.0 Å². The van der Waals surface area contributed by atoms with Gasteiger partial charge in [0.1, 0.15) is 13.2 Å². The fourth-order valence-electron chi connectivity index (χ4n) is 4.46. The molecule has 0 atom stereocenters. The van der Waals surface area contributed by atoms with E-state index in [0.29, 0.717) is 61.7 Å². The van der Waals surface area contributed by atoms with Crippen LogP contribution in [0, 0.1) is 5.92 Å². The van der Waals surface area contributed by atoms with Crippen LogP contribution in [0.1, 0.15) is 36.0 Å². The van der Waals surface area contributed by atoms with Crippen LogP contribution in [-0.4, -0.2) is 41.2 Å². The van der Waals surface area contributed by atoms with E-state index in [2.05, 4.69) is 5.32 Å². The second-order valence-corrected chi connectivity index (χ2v) is 8.29. The largest absolute Gasteiger partial charge is 0.486 e. The zero-order chi connectivity index (χ0) is 22.1. The second-order valence-electron chi connectivity index (χ2n) is 8.29. The van der Waals surface area contributed by atoms with E-state index in [9.17, 15) is 14.7 Å². The first-order valence-electron chi connectivity index (χ1n) is 10.9. The normalized spacial score (nSPS) is 20.0. The lowest BCUT2D eigenvalue weighted by Gasteiger charge is -2.27. The lowest BCUT2D eigenvalue weighted by atomic mass is 9.86. The number of fused-ring (bicyclic) bond motifs is 2. The smallest absolute Gasteiger partial charge is 0.306 e. The SMILES string of the molecule is O=C(NC1CCC(C(=O)O)CC1)c1cc(-c2ccc3c(c2)OCCO3)nc2ccccc12. The number of rotatable bonds is 4. The Balaban J connectivity index is 1.45. The van der Waals surface area contributed by atoms with E-state index in [4.69, 9.17) is 14.5 Å². The molecule has 1 amide bonds. The molecule has 1 aliphatic carbocycles. The summed E-state index contributed by atoms with van der Waals surface area (Å²) in [5, 5.41) is 13.1. The summed E-state index contributed by atoms with van der Waals surface area (Å²) in [6.45, 7) is 1.03. The van der Waals surface area contributed by atoms with Gasteiger partial charge in [0.15, 0.2) is 11.5 Å². The van der Waals surface area contributed by atoms with Gasteiger partial charge in [0.05, 0.1) is 22.7 Å². The summed E-state index contributed by atoms with van der Waals surface area (Å²) < 4.78 is 11.3. The molecule has 0 bridgehead atoms. The molecular formula is C25H24N2O5. The number of nitrogens with zero attached hydrogens (tertiary/aromatic N) is 1. The average Bonchev–Trinajstić information content (AvgIpc) is 2.83. The molecule has 2 aliphatic rings. The van der Waals surface area contributed by atoms with Crippen molar-refractivity contribution >= 4 is 22.8 Å². The maximum Gasteiger partial charge on any atom is 0.306 e. The first-order chi connectivity index (χ1) is 15.6. The summed E-state index contributed by atoms with van der Waals surface area (Å²) in [5.74, 6) is 0.146. The molecule has 0 saturated heterocycles. The number of aliphatic carboxylic acids is 1. The molecular weight excluding hydrogens is 408 g/mol. The van der Waals surface area contributed by atoms with Crippen LogP contribution in [0.3, 0.4) is 0 Å². The van der Waals surface area contributed by atoms with Gasteiger partial charge in [0.2, 0.25) is 0 Å². The minimum atomic E-state index is -0.751. The van der Waals surface area contributed by atoms with Crippen LogP contribution in [0.25, 0.3) is 22.2 Å². The van der Waals surface area contributed by atoms with Gasteiger partial charge in [-0.25, -0.2) is 4.98 Å². The Hall–Kier alpha value is -3.61. The van der Waals surface area contributed by atoms with Crippen LogP contribution < -0.4 is 14.8 Å². The van der Waals surface area contributed by atoms with Gasteiger partial charge in [-0.2, -0.15) is 0 Å². The van der Waals surface area contributed by atoms with Gasteiger partial charge in [-0.1, -0.05) is 18.2 Å². The molecule has 1 aliphatic heterocycles. The fourth-order valence-corrected chi connectivity index (χ4v) is 4.46. The summed E-state index contributed by atoms with van der Waals surface area (Å²) in [5.41, 5.74) is 2.82. The van der Waals surface area contributed by atoms with Crippen LogP contribution in [0.4, 0.5) is 0 Å². The third kappa shape index (κ3) is 3.98. The monoisotopic (exact) mass is 432 g/mol. The highest BCUT2D eigenvalue weighted by Crippen LogP contribution is 2.35. The van der Waals surface area contributed by atoms with Crippen LogP contribution in [0.15, 0.2) is 48.5 Å². The summed E-state index contributed by atoms with van der Waals surface area (Å²) in [6.07, 6.45) is 2.50. The summed E-state index contributed by atoms with van der Waals surface area (Å²) >= 11 is 0. The van der Waals surface area contributed by atoms with Crippen molar-refractivity contribution in [2.24, 2.45) is 5.92 Å². The average molecular weight is 432 g/mol. The Kier molecular flexibility index (Phi) is 5.39. The second kappa shape index (κ2) is 8.49. The molecule has 32 heavy (non-hydrogen) atoms. The van der Waals surface area contributed by atoms with Crippen molar-refractivity contribution < 1.29 is 24.2 Å². The summed E-state index contributed by atoms with van der Waals surface area (Å²) in [6, 6.07) is 15.0. The van der Waals surface area contributed by atoms with Gasteiger partial charge in [-0.3, -0.25) is 9.59 Å². The minimum Gasteiger partial charge on any atom is -0.486 e. The van der Waals surface area contributed by atoms with Gasteiger partial charge < -0.3 is 19.9 Å². The quantitative estimate of drug-likeness (QED) is 0.646. The van der Waals surface area contributed by atoms with Crippen LogP contribution in [-0.2, 0) is 4.79 Å². The third-order valence-corrected chi connectivity index (χ3v) is 6.21. The Morgan fingerprint density at radius 3 is 2.47 bits per heavy atom. The van der Waals surface area contributed by atoms with Crippen molar-refractivity contribution in [2.75, 3.05) is 13.2 Å². The number of para-hydroxylation sites is 1. The Bertz CT molecular complexity index is 1180. The zero-order valence-corrected chi connectivity index (χ0v) is 17.5. The van der Waals surface area contributed by atoms with Crippen LogP contribution >= 0.6 is 0 Å². The van der Waals surface area contributed by atoms with Crippen molar-refractivity contribution in [3.63, 3.8) is 0 Å². The topological polar surface area (TPSA) is 97.8 Å². The number of benzene rings is 2. The number of hydrogen-bond donors (Lipinski definition) is 2. The zero-order valence-electron chi connectivity index (χ0n) is 17.5. The molecule has 5 rings (SSSR count). The molecule has 1 aromatic heterocycles. The summed E-state index contributed by atoms with van der Waals surface area (Å²) in [7, 11) is 0. The van der Waals surface area contributed by atoms with E-state index < -0.39 is 5.97 Å². The Morgan fingerprint density at radius 2 is 1.69 bits per heavy atom. The van der Waals surface area contributed by atoms with E-state index in [1.54, 1.807) is 0 Å². The number of carboxylic acids is 1. The number of amides is 1. The molecule has 2 N–H and O–H groups in total. The standard InChI is InChI=1S/C25H24N2O5/c28-24(26-17-8-5-15(6-9-17)25(29)30)19-14-21(27-20-4-2-1-3-18(19)20)16-7-10-22-23(13-16)32-12-11-31-22/h1-4,7,10,13-15,17H,5-6,8-9,11-12H2,(H,26,28)(H,29,30). The van der Waals surface area contributed by atoms with E-state index >= 15 is 0 Å².